The second-order valence-corrected chi connectivity index (χ2v) is 21.9. The molecule has 6 heterocycles. The summed E-state index contributed by atoms with van der Waals surface area (Å²) in [5.41, 5.74) is 0.353. The van der Waals surface area contributed by atoms with Crippen LogP contribution in [-0.2, 0) is 58.5 Å². The molecule has 2 aromatic rings. The van der Waals surface area contributed by atoms with E-state index in [4.69, 9.17) is 56.8 Å². The van der Waals surface area contributed by atoms with Crippen molar-refractivity contribution < 1.29 is 102 Å². The van der Waals surface area contributed by atoms with Gasteiger partial charge in [0.15, 0.2) is 43.0 Å². The zero-order valence-electron chi connectivity index (χ0n) is 43.9. The Bertz CT molecular complexity index is 2450. The number of benzene rings is 2. The van der Waals surface area contributed by atoms with Gasteiger partial charge in [-0.2, -0.15) is 0 Å². The zero-order valence-corrected chi connectivity index (χ0v) is 43.9. The maximum Gasteiger partial charge on any atom is 0.202 e. The lowest BCUT2D eigenvalue weighted by Gasteiger charge is -2.45. The van der Waals surface area contributed by atoms with Gasteiger partial charge in [0.25, 0.3) is 0 Å². The number of carbonyl (C=O) groups excluding carboxylic acids is 2. The quantitative estimate of drug-likeness (QED) is 0.159. The molecule has 0 aromatic heterocycles. The first-order chi connectivity index (χ1) is 36.2. The van der Waals surface area contributed by atoms with Crippen LogP contribution in [0.4, 0.5) is 0 Å². The van der Waals surface area contributed by atoms with Crippen LogP contribution in [0.3, 0.4) is 0 Å². The molecule has 0 spiro atoms. The zero-order chi connectivity index (χ0) is 54.0. The van der Waals surface area contributed by atoms with Crippen LogP contribution in [-0.4, -0.2) is 183 Å². The van der Waals surface area contributed by atoms with Crippen LogP contribution in [0.2, 0.25) is 0 Å². The van der Waals surface area contributed by atoms with Crippen molar-refractivity contribution in [2.45, 2.75) is 248 Å². The third-order valence-electron chi connectivity index (χ3n) is 16.3. The van der Waals surface area contributed by atoms with Gasteiger partial charge >= 0.3 is 0 Å². The number of hydrogen-bond acceptors (Lipinski definition) is 21. The molecule has 21 nitrogen and oxygen atoms in total. The third kappa shape index (κ3) is 11.4. The second-order valence-electron chi connectivity index (χ2n) is 21.9. The molecule has 0 bridgehead atoms. The van der Waals surface area contributed by atoms with Gasteiger partial charge in [-0.05, 0) is 97.1 Å². The number of hydrogen-bond donors (Lipinski definition) is 7. The van der Waals surface area contributed by atoms with E-state index in [1.807, 2.05) is 13.8 Å². The van der Waals surface area contributed by atoms with E-state index < -0.39 is 122 Å². The molecular weight excluding hydrogens is 997 g/mol. The SMILES string of the molecule is Cc1cc(O)c2c(c1)C[C@@H](O)C1=C2C(=O)c2c(O)ccc(OC3CC(O)C(OC4CC(OC5CCC(OC6CCC(OC7CC(OC8CCC(O)C(C)O8)C(O)C(C)O7)C(C)O6)C(C)O5)C(O)C(C)O4)C(C)O3)c2C1=O. The maximum absolute atomic E-state index is 14.2. The van der Waals surface area contributed by atoms with Crippen molar-refractivity contribution in [3.8, 4) is 17.2 Å². The number of ether oxygens (including phenoxy) is 12. The standard InChI is InChI=1S/C55H74O21/c1-22-16-29-18-33(59)48-50(46(29)32(58)17-22)54(64)47-31(57)8-10-37(49(47)53(48)63)73-43-19-34(60)55(28(7)70-43)76-45-21-39(52(62)27(6)69-45)75-42-15-11-35(24(3)67-42)71-41-14-12-36(25(4)66-41)72-44-20-38(51(61)26(5)68-44)74-40-13-9-30(56)23(2)65-40/h8,10,16-17,23-28,30,33-36,38-45,51-52,55-62H,9,11-15,18-21H2,1-7H3/t23?,24?,25?,26?,27?,28?,30?,33-,34?,35?,36?,38?,39?,40?,41?,42?,43?,44?,45?,51?,52?,55?/m1/s1. The summed E-state index contributed by atoms with van der Waals surface area (Å²) in [7, 11) is 0. The molecule has 6 saturated heterocycles. The third-order valence-corrected chi connectivity index (χ3v) is 16.3. The average molecular weight is 1070 g/mol. The van der Waals surface area contributed by atoms with Gasteiger partial charge in [0.2, 0.25) is 6.29 Å². The van der Waals surface area contributed by atoms with Gasteiger partial charge in [-0.15, -0.1) is 0 Å². The summed E-state index contributed by atoms with van der Waals surface area (Å²) in [5.74, 6) is -2.31. The van der Waals surface area contributed by atoms with Crippen molar-refractivity contribution in [1.29, 1.82) is 0 Å². The smallest absolute Gasteiger partial charge is 0.202 e. The minimum atomic E-state index is -1.37. The molecular formula is C55H74O21. The van der Waals surface area contributed by atoms with Crippen LogP contribution in [0.5, 0.6) is 17.2 Å². The number of aliphatic hydroxyl groups is 5. The van der Waals surface area contributed by atoms with Crippen LogP contribution in [0.15, 0.2) is 29.8 Å². The number of aryl methyl sites for hydroxylation is 1. The van der Waals surface area contributed by atoms with E-state index in [9.17, 15) is 45.3 Å². The number of Topliss-reactive ketones (excluding diaryl/α,β-unsaturated/α-hetero) is 2. The number of rotatable bonds is 12. The molecule has 420 valence electrons. The summed E-state index contributed by atoms with van der Waals surface area (Å²) in [6, 6.07) is 5.73. The first-order valence-electron chi connectivity index (χ1n) is 27.0. The van der Waals surface area contributed by atoms with Gasteiger partial charge < -0.3 is 92.6 Å². The first kappa shape index (κ1) is 55.6. The second kappa shape index (κ2) is 22.8. The summed E-state index contributed by atoms with van der Waals surface area (Å²) >= 11 is 0. The minimum Gasteiger partial charge on any atom is -0.507 e. The lowest BCUT2D eigenvalue weighted by molar-refractivity contribution is -0.333. The van der Waals surface area contributed by atoms with E-state index in [1.54, 1.807) is 40.7 Å². The fraction of sp³-hybridized carbons (Fsp3) is 0.709. The van der Waals surface area contributed by atoms with Crippen LogP contribution in [0.1, 0.15) is 137 Å². The van der Waals surface area contributed by atoms with E-state index >= 15 is 0 Å². The summed E-state index contributed by atoms with van der Waals surface area (Å²) in [6.45, 7) is 12.5. The van der Waals surface area contributed by atoms with E-state index in [0.717, 1.165) is 0 Å². The fourth-order valence-electron chi connectivity index (χ4n) is 12.1. The molecule has 22 atom stereocenters. The fourth-order valence-corrected chi connectivity index (χ4v) is 12.1. The largest absolute Gasteiger partial charge is 0.507 e. The van der Waals surface area contributed by atoms with Crippen molar-refractivity contribution in [2.24, 2.45) is 0 Å². The van der Waals surface area contributed by atoms with Crippen LogP contribution in [0.25, 0.3) is 5.57 Å². The Morgan fingerprint density at radius 3 is 1.59 bits per heavy atom. The number of allylic oxidation sites excluding steroid dienone is 1. The van der Waals surface area contributed by atoms with Gasteiger partial charge in [0, 0.05) is 61.7 Å². The van der Waals surface area contributed by atoms with Crippen molar-refractivity contribution >= 4 is 17.1 Å². The normalized spacial score (nSPS) is 42.0. The minimum absolute atomic E-state index is 0.0191. The summed E-state index contributed by atoms with van der Waals surface area (Å²) < 4.78 is 74.6. The number of phenolic OH excluding ortho intramolecular Hbond substituents is 2. The van der Waals surface area contributed by atoms with Crippen LogP contribution >= 0.6 is 0 Å². The number of ketones is 2. The molecule has 0 saturated carbocycles. The van der Waals surface area contributed by atoms with Gasteiger partial charge in [0.05, 0.1) is 90.5 Å². The highest BCUT2D eigenvalue weighted by atomic mass is 16.8. The molecule has 21 unspecified atom stereocenters. The summed E-state index contributed by atoms with van der Waals surface area (Å²) in [5, 5.41) is 76.7. The van der Waals surface area contributed by atoms with Crippen molar-refractivity contribution in [1.82, 2.24) is 0 Å². The molecule has 0 amide bonds. The Morgan fingerprint density at radius 1 is 0.487 bits per heavy atom. The highest BCUT2D eigenvalue weighted by Gasteiger charge is 2.48. The monoisotopic (exact) mass is 1070 g/mol. The lowest BCUT2D eigenvalue weighted by Crippen LogP contribution is -2.55. The van der Waals surface area contributed by atoms with E-state index in [2.05, 4.69) is 0 Å². The molecule has 2 aromatic carbocycles. The average Bonchev–Trinajstić information content (AvgIpc) is 3.41. The topological polar surface area (TPSA) is 287 Å². The Morgan fingerprint density at radius 2 is 1.01 bits per heavy atom. The predicted octanol–water partition coefficient (Wildman–Crippen LogP) is 3.88. The van der Waals surface area contributed by atoms with Gasteiger partial charge in [0.1, 0.15) is 35.6 Å². The van der Waals surface area contributed by atoms with Crippen LogP contribution in [0, 0.1) is 6.92 Å². The highest BCUT2D eigenvalue weighted by molar-refractivity contribution is 6.42. The number of carbonyl (C=O) groups is 2. The van der Waals surface area contributed by atoms with Gasteiger partial charge in [-0.1, -0.05) is 6.07 Å². The van der Waals surface area contributed by atoms with Crippen molar-refractivity contribution in [3.05, 3.63) is 57.7 Å². The van der Waals surface area contributed by atoms with Crippen molar-refractivity contribution in [2.75, 3.05) is 0 Å². The number of aromatic hydroxyl groups is 2. The van der Waals surface area contributed by atoms with E-state index in [1.165, 1.54) is 18.2 Å². The molecule has 6 aliphatic heterocycles. The molecule has 0 radical (unpaired) electrons. The van der Waals surface area contributed by atoms with Crippen molar-refractivity contribution in [3.63, 3.8) is 0 Å². The summed E-state index contributed by atoms with van der Waals surface area (Å²) in [4.78, 5) is 28.4. The molecule has 21 heteroatoms. The molecule has 76 heavy (non-hydrogen) atoms. The maximum atomic E-state index is 14.2. The summed E-state index contributed by atoms with van der Waals surface area (Å²) in [6.07, 6.45) is -11.7. The molecule has 2 aliphatic carbocycles. The Balaban J connectivity index is 0.692. The number of fused-ring (bicyclic) bond motifs is 3. The van der Waals surface area contributed by atoms with Gasteiger partial charge in [-0.25, -0.2) is 0 Å². The number of aliphatic hydroxyl groups excluding tert-OH is 5. The lowest BCUT2D eigenvalue weighted by atomic mass is 9.72. The molecule has 8 aliphatic rings. The molecule has 7 N–H and O–H groups in total. The Hall–Kier alpha value is -3.72. The van der Waals surface area contributed by atoms with Crippen LogP contribution < -0.4 is 4.74 Å². The molecule has 10 rings (SSSR count). The first-order valence-corrected chi connectivity index (χ1v) is 27.0. The van der Waals surface area contributed by atoms with E-state index in [-0.39, 0.29) is 89.1 Å². The van der Waals surface area contributed by atoms with E-state index in [0.29, 0.717) is 56.1 Å². The highest BCUT2D eigenvalue weighted by Crippen LogP contribution is 2.48. The predicted molar refractivity (Wildman–Crippen MR) is 263 cm³/mol. The van der Waals surface area contributed by atoms with Gasteiger partial charge in [-0.3, -0.25) is 9.59 Å². The number of phenols is 2. The molecule has 6 fully saturated rings. The Labute approximate surface area is 441 Å². The Kier molecular flexibility index (Phi) is 16.7.